The first-order valence-corrected chi connectivity index (χ1v) is 13.8. The highest BCUT2D eigenvalue weighted by Crippen LogP contribution is 2.38. The van der Waals surface area contributed by atoms with E-state index in [1.54, 1.807) is 0 Å². The number of carbonyl (C=O) groups excluding carboxylic acids is 1. The lowest BCUT2D eigenvalue weighted by Crippen LogP contribution is -2.48. The molecule has 1 aliphatic rings. The van der Waals surface area contributed by atoms with Crippen LogP contribution in [0.4, 0.5) is 0 Å². The Morgan fingerprint density at radius 2 is 1.79 bits per heavy atom. The van der Waals surface area contributed by atoms with Crippen molar-refractivity contribution in [3.05, 3.63) is 48.0 Å². The Morgan fingerprint density at radius 1 is 1.14 bits per heavy atom. The summed E-state index contributed by atoms with van der Waals surface area (Å²) in [6, 6.07) is 10.2. The summed E-state index contributed by atoms with van der Waals surface area (Å²) < 4.78 is 6.71. The Labute approximate surface area is 177 Å². The van der Waals surface area contributed by atoms with E-state index in [1.165, 1.54) is 0 Å². The molecule has 1 aromatic carbocycles. The number of benzene rings is 1. The van der Waals surface area contributed by atoms with Crippen LogP contribution in [0, 0.1) is 5.92 Å². The number of allylic oxidation sites excluding steroid dienone is 1. The standard InChI is InChI=1S/C23H36ClNO2Si/c1-23(2,3)28(4,5)27-21-14-10-9-13-20(15-16-24)22(26)25(18-21)17-19-11-7-6-8-12-19/h6-12,20-21H,13-18H2,1-5H3/b10-9+/t20-,21-/m1/s1. The van der Waals surface area contributed by atoms with E-state index in [0.717, 1.165) is 18.4 Å². The minimum Gasteiger partial charge on any atom is -0.412 e. The number of carbonyl (C=O) groups is 1. The van der Waals surface area contributed by atoms with Crippen molar-refractivity contribution in [2.45, 2.75) is 70.8 Å². The minimum atomic E-state index is -1.92. The summed E-state index contributed by atoms with van der Waals surface area (Å²) in [6.45, 7) is 12.6. The highest BCUT2D eigenvalue weighted by molar-refractivity contribution is 6.74. The molecule has 1 aromatic rings. The van der Waals surface area contributed by atoms with Crippen LogP contribution in [0.5, 0.6) is 0 Å². The molecule has 0 aromatic heterocycles. The first-order chi connectivity index (χ1) is 13.1. The molecule has 0 N–H and O–H groups in total. The van der Waals surface area contributed by atoms with Gasteiger partial charge in [0, 0.05) is 24.9 Å². The molecule has 1 aliphatic heterocycles. The Hall–Kier alpha value is -1.10. The van der Waals surface area contributed by atoms with Gasteiger partial charge < -0.3 is 9.33 Å². The zero-order valence-electron chi connectivity index (χ0n) is 18.1. The van der Waals surface area contributed by atoms with Crippen LogP contribution < -0.4 is 0 Å². The molecule has 0 aliphatic carbocycles. The first-order valence-electron chi connectivity index (χ1n) is 10.4. The van der Waals surface area contributed by atoms with Crippen molar-refractivity contribution in [3.63, 3.8) is 0 Å². The molecule has 0 bridgehead atoms. The Bertz CT molecular complexity index is 654. The van der Waals surface area contributed by atoms with Crippen molar-refractivity contribution in [2.24, 2.45) is 5.92 Å². The third kappa shape index (κ3) is 6.46. The number of hydrogen-bond acceptors (Lipinski definition) is 2. The van der Waals surface area contributed by atoms with Crippen LogP contribution in [0.15, 0.2) is 42.5 Å². The van der Waals surface area contributed by atoms with Crippen molar-refractivity contribution in [3.8, 4) is 0 Å². The average Bonchev–Trinajstić information content (AvgIpc) is 2.68. The van der Waals surface area contributed by atoms with Gasteiger partial charge in [0.2, 0.25) is 5.91 Å². The molecule has 5 heteroatoms. The van der Waals surface area contributed by atoms with Crippen LogP contribution in [-0.4, -0.2) is 37.7 Å². The summed E-state index contributed by atoms with van der Waals surface area (Å²) in [5.74, 6) is 0.650. The summed E-state index contributed by atoms with van der Waals surface area (Å²) in [7, 11) is -1.92. The molecular weight excluding hydrogens is 386 g/mol. The van der Waals surface area contributed by atoms with Crippen LogP contribution in [0.3, 0.4) is 0 Å². The largest absolute Gasteiger partial charge is 0.412 e. The van der Waals surface area contributed by atoms with Crippen LogP contribution in [0.25, 0.3) is 0 Å². The van der Waals surface area contributed by atoms with Crippen LogP contribution in [0.1, 0.15) is 45.6 Å². The third-order valence-corrected chi connectivity index (χ3v) is 10.8. The van der Waals surface area contributed by atoms with E-state index in [1.807, 2.05) is 23.1 Å². The fourth-order valence-electron chi connectivity index (χ4n) is 3.28. The first kappa shape index (κ1) is 23.2. The molecule has 156 valence electrons. The minimum absolute atomic E-state index is 0.0274. The van der Waals surface area contributed by atoms with Gasteiger partial charge in [0.25, 0.3) is 0 Å². The van der Waals surface area contributed by atoms with Gasteiger partial charge >= 0.3 is 0 Å². The zero-order valence-corrected chi connectivity index (χ0v) is 19.8. The predicted octanol–water partition coefficient (Wildman–Crippen LogP) is 6.00. The van der Waals surface area contributed by atoms with Gasteiger partial charge in [-0.25, -0.2) is 0 Å². The maximum atomic E-state index is 13.3. The number of hydrogen-bond donors (Lipinski definition) is 0. The van der Waals surface area contributed by atoms with E-state index >= 15 is 0 Å². The Kier molecular flexibility index (Phi) is 8.35. The Balaban J connectivity index is 2.25. The van der Waals surface area contributed by atoms with Gasteiger partial charge in [-0.05, 0) is 43.0 Å². The van der Waals surface area contributed by atoms with Crippen molar-refractivity contribution in [1.82, 2.24) is 4.90 Å². The molecule has 0 saturated carbocycles. The lowest BCUT2D eigenvalue weighted by molar-refractivity contribution is -0.137. The normalized spacial score (nSPS) is 23.1. The van der Waals surface area contributed by atoms with Crippen molar-refractivity contribution < 1.29 is 9.22 Å². The number of rotatable bonds is 6. The lowest BCUT2D eigenvalue weighted by atomic mass is 10.00. The Morgan fingerprint density at radius 3 is 2.39 bits per heavy atom. The summed E-state index contributed by atoms with van der Waals surface area (Å²) in [5.41, 5.74) is 1.15. The van der Waals surface area contributed by atoms with Crippen molar-refractivity contribution in [2.75, 3.05) is 12.4 Å². The molecule has 28 heavy (non-hydrogen) atoms. The molecule has 0 saturated heterocycles. The number of nitrogens with zero attached hydrogens (tertiary/aromatic N) is 1. The molecule has 1 amide bonds. The van der Waals surface area contributed by atoms with Gasteiger partial charge in [-0.1, -0.05) is 63.3 Å². The van der Waals surface area contributed by atoms with Gasteiger partial charge in [0.05, 0.1) is 6.10 Å². The van der Waals surface area contributed by atoms with Crippen LogP contribution >= 0.6 is 11.6 Å². The van der Waals surface area contributed by atoms with Gasteiger partial charge in [-0.3, -0.25) is 4.79 Å². The SMILES string of the molecule is CC(C)(C)[Si](C)(C)O[C@@H]1C/C=C/C[C@H](CCCl)C(=O)N(Cc2ccccc2)C1. The lowest BCUT2D eigenvalue weighted by Gasteiger charge is -2.40. The van der Waals surface area contributed by atoms with E-state index in [9.17, 15) is 4.79 Å². The van der Waals surface area contributed by atoms with Crippen LogP contribution in [0.2, 0.25) is 18.1 Å². The number of halogens is 1. The maximum absolute atomic E-state index is 13.3. The second-order valence-electron chi connectivity index (χ2n) is 9.32. The number of amides is 1. The van der Waals surface area contributed by atoms with Gasteiger partial charge in [0.15, 0.2) is 8.32 Å². The molecule has 0 radical (unpaired) electrons. The second-order valence-corrected chi connectivity index (χ2v) is 14.5. The molecule has 3 nitrogen and oxygen atoms in total. The molecular formula is C23H36ClNO2Si. The second kappa shape index (κ2) is 10.1. The van der Waals surface area contributed by atoms with Gasteiger partial charge in [0.1, 0.15) is 0 Å². The zero-order chi connectivity index (χ0) is 20.8. The summed E-state index contributed by atoms with van der Waals surface area (Å²) >= 11 is 5.99. The molecule has 2 rings (SSSR count). The van der Waals surface area contributed by atoms with E-state index in [-0.39, 0.29) is 23.0 Å². The number of alkyl halides is 1. The predicted molar refractivity (Wildman–Crippen MR) is 121 cm³/mol. The molecule has 2 atom stereocenters. The average molecular weight is 422 g/mol. The summed E-state index contributed by atoms with van der Waals surface area (Å²) in [6.07, 6.45) is 6.67. The van der Waals surface area contributed by atoms with Crippen molar-refractivity contribution >= 4 is 25.8 Å². The summed E-state index contributed by atoms with van der Waals surface area (Å²) in [5, 5.41) is 0.143. The van der Waals surface area contributed by atoms with Gasteiger partial charge in [-0.2, -0.15) is 0 Å². The van der Waals surface area contributed by atoms with E-state index in [2.05, 4.69) is 58.2 Å². The molecule has 0 unspecified atom stereocenters. The quantitative estimate of drug-likeness (QED) is 0.320. The molecule has 1 heterocycles. The topological polar surface area (TPSA) is 29.5 Å². The van der Waals surface area contributed by atoms with Crippen LogP contribution in [-0.2, 0) is 15.8 Å². The molecule has 0 fully saturated rings. The van der Waals surface area contributed by atoms with E-state index in [4.69, 9.17) is 16.0 Å². The third-order valence-electron chi connectivity index (χ3n) is 6.01. The van der Waals surface area contributed by atoms with E-state index in [0.29, 0.717) is 25.4 Å². The van der Waals surface area contributed by atoms with Gasteiger partial charge in [-0.15, -0.1) is 11.6 Å². The summed E-state index contributed by atoms with van der Waals surface area (Å²) in [4.78, 5) is 15.3. The smallest absolute Gasteiger partial charge is 0.226 e. The van der Waals surface area contributed by atoms with Crippen molar-refractivity contribution in [1.29, 1.82) is 0 Å². The fourth-order valence-corrected chi connectivity index (χ4v) is 4.90. The van der Waals surface area contributed by atoms with E-state index < -0.39 is 8.32 Å². The highest BCUT2D eigenvalue weighted by atomic mass is 35.5. The monoisotopic (exact) mass is 421 g/mol. The molecule has 0 spiro atoms. The highest BCUT2D eigenvalue weighted by Gasteiger charge is 2.39. The fraction of sp³-hybridized carbons (Fsp3) is 0.609. The maximum Gasteiger partial charge on any atom is 0.226 e.